The number of hydrogen-bond donors (Lipinski definition) is 2. The second-order valence-corrected chi connectivity index (χ2v) is 9.77. The van der Waals surface area contributed by atoms with Crippen LogP contribution in [-0.4, -0.2) is 53.4 Å². The van der Waals surface area contributed by atoms with Gasteiger partial charge in [0, 0.05) is 17.4 Å². The SMILES string of the molecule is CCC1OC(C=O)N(Cc2cccc(NC(=O)c3ccc[nH]3)c2)N=C1c1ccc(OC)c(OC2CCCC2)c1. The van der Waals surface area contributed by atoms with Gasteiger partial charge in [-0.15, -0.1) is 0 Å². The number of nitrogens with one attached hydrogen (secondary N) is 2. The minimum atomic E-state index is -0.830. The number of aromatic nitrogens is 1. The van der Waals surface area contributed by atoms with Crippen molar-refractivity contribution in [2.75, 3.05) is 12.4 Å². The van der Waals surface area contributed by atoms with E-state index < -0.39 is 6.23 Å². The molecule has 1 saturated carbocycles. The van der Waals surface area contributed by atoms with Gasteiger partial charge in [-0.25, -0.2) is 0 Å². The van der Waals surface area contributed by atoms with E-state index in [-0.39, 0.29) is 18.1 Å². The molecule has 3 aromatic rings. The van der Waals surface area contributed by atoms with Gasteiger partial charge in [0.25, 0.3) is 5.91 Å². The number of amides is 1. The summed E-state index contributed by atoms with van der Waals surface area (Å²) in [5.74, 6) is 1.14. The zero-order valence-corrected chi connectivity index (χ0v) is 22.3. The molecule has 9 heteroatoms. The second-order valence-electron chi connectivity index (χ2n) is 9.77. The van der Waals surface area contributed by atoms with Crippen molar-refractivity contribution >= 4 is 23.6 Å². The molecular weight excluding hydrogens is 496 g/mol. The van der Waals surface area contributed by atoms with Gasteiger partial charge in [0.1, 0.15) is 11.8 Å². The van der Waals surface area contributed by atoms with Crippen molar-refractivity contribution in [1.29, 1.82) is 0 Å². The number of aromatic amines is 1. The Bertz CT molecular complexity index is 1320. The van der Waals surface area contributed by atoms with E-state index in [1.807, 2.05) is 49.4 Å². The molecule has 2 atom stereocenters. The molecule has 1 aliphatic heterocycles. The molecular formula is C30H34N4O5. The monoisotopic (exact) mass is 530 g/mol. The lowest BCUT2D eigenvalue weighted by Crippen LogP contribution is -2.45. The zero-order chi connectivity index (χ0) is 27.2. The Balaban J connectivity index is 1.40. The van der Waals surface area contributed by atoms with Gasteiger partial charge in [0.05, 0.1) is 25.5 Å². The van der Waals surface area contributed by atoms with Gasteiger partial charge in [-0.1, -0.05) is 19.1 Å². The minimum absolute atomic E-state index is 0.182. The Kier molecular flexibility index (Phi) is 8.27. The van der Waals surface area contributed by atoms with Crippen molar-refractivity contribution in [1.82, 2.24) is 9.99 Å². The van der Waals surface area contributed by atoms with E-state index in [1.165, 1.54) is 12.8 Å². The molecule has 0 radical (unpaired) electrons. The van der Waals surface area contributed by atoms with Gasteiger partial charge in [-0.3, -0.25) is 14.6 Å². The van der Waals surface area contributed by atoms with Gasteiger partial charge in [-0.2, -0.15) is 5.10 Å². The Hall–Kier alpha value is -4.11. The van der Waals surface area contributed by atoms with Crippen LogP contribution in [0.15, 0.2) is 65.9 Å². The molecule has 2 aromatic carbocycles. The average molecular weight is 531 g/mol. The smallest absolute Gasteiger partial charge is 0.272 e. The van der Waals surface area contributed by atoms with Gasteiger partial charge in [0.15, 0.2) is 17.8 Å². The second kappa shape index (κ2) is 12.2. The van der Waals surface area contributed by atoms with E-state index in [1.54, 1.807) is 30.4 Å². The third kappa shape index (κ3) is 6.15. The summed E-state index contributed by atoms with van der Waals surface area (Å²) in [6, 6.07) is 16.7. The fourth-order valence-corrected chi connectivity index (χ4v) is 5.04. The number of carbonyl (C=O) groups is 2. The number of methoxy groups -OCH3 is 1. The summed E-state index contributed by atoms with van der Waals surface area (Å²) in [6.07, 6.45) is 6.54. The molecule has 5 rings (SSSR count). The molecule has 9 nitrogen and oxygen atoms in total. The molecule has 0 bridgehead atoms. The number of hydrazone groups is 1. The minimum Gasteiger partial charge on any atom is -0.493 e. The zero-order valence-electron chi connectivity index (χ0n) is 22.3. The van der Waals surface area contributed by atoms with Crippen LogP contribution in [0.4, 0.5) is 5.69 Å². The summed E-state index contributed by atoms with van der Waals surface area (Å²) in [5, 5.41) is 9.45. The van der Waals surface area contributed by atoms with Crippen molar-refractivity contribution in [3.8, 4) is 11.5 Å². The first kappa shape index (κ1) is 26.5. The quantitative estimate of drug-likeness (QED) is 0.352. The Labute approximate surface area is 228 Å². The van der Waals surface area contributed by atoms with E-state index in [4.69, 9.17) is 19.3 Å². The van der Waals surface area contributed by atoms with Crippen molar-refractivity contribution < 1.29 is 23.8 Å². The molecule has 0 saturated heterocycles. The number of hydrogen-bond acceptors (Lipinski definition) is 7. The van der Waals surface area contributed by atoms with E-state index in [0.717, 1.165) is 36.0 Å². The van der Waals surface area contributed by atoms with Crippen LogP contribution < -0.4 is 14.8 Å². The van der Waals surface area contributed by atoms with Crippen LogP contribution in [0, 0.1) is 0 Å². The summed E-state index contributed by atoms with van der Waals surface area (Å²) < 4.78 is 18.1. The maximum atomic E-state index is 12.5. The lowest BCUT2D eigenvalue weighted by molar-refractivity contribution is -0.139. The van der Waals surface area contributed by atoms with Crippen molar-refractivity contribution in [3.63, 3.8) is 0 Å². The standard InChI is InChI=1S/C30H34N4O5/c1-3-25-29(21-13-14-26(37-2)27(17-21)38-23-10-4-5-11-23)33-34(28(19-35)39-25)18-20-8-6-9-22(16-20)32-30(36)24-12-7-15-31-24/h6-9,12-17,19,23,25,28,31H,3-5,10-11,18H2,1-2H3,(H,32,36). The molecule has 0 spiro atoms. The first-order valence-corrected chi connectivity index (χ1v) is 13.4. The molecule has 2 aliphatic rings. The average Bonchev–Trinajstić information content (AvgIpc) is 3.68. The number of nitrogens with zero attached hydrogens (tertiary/aromatic N) is 2. The summed E-state index contributed by atoms with van der Waals surface area (Å²) >= 11 is 0. The van der Waals surface area contributed by atoms with E-state index >= 15 is 0 Å². The normalized spacial score (nSPS) is 19.4. The number of rotatable bonds is 10. The van der Waals surface area contributed by atoms with Crippen LogP contribution in [0.5, 0.6) is 11.5 Å². The highest BCUT2D eigenvalue weighted by molar-refractivity contribution is 6.04. The highest BCUT2D eigenvalue weighted by Crippen LogP contribution is 2.34. The van der Waals surface area contributed by atoms with E-state index in [9.17, 15) is 9.59 Å². The Morgan fingerprint density at radius 3 is 2.72 bits per heavy atom. The molecule has 1 amide bonds. The van der Waals surface area contributed by atoms with Gasteiger partial charge in [-0.05, 0) is 80.1 Å². The Morgan fingerprint density at radius 2 is 2.00 bits per heavy atom. The van der Waals surface area contributed by atoms with E-state index in [0.29, 0.717) is 35.8 Å². The van der Waals surface area contributed by atoms with Crippen LogP contribution in [0.2, 0.25) is 0 Å². The molecule has 2 N–H and O–H groups in total. The third-order valence-corrected chi connectivity index (χ3v) is 7.05. The third-order valence-electron chi connectivity index (χ3n) is 7.05. The molecule has 1 aliphatic carbocycles. The molecule has 2 unspecified atom stereocenters. The van der Waals surface area contributed by atoms with Gasteiger partial charge in [0.2, 0.25) is 6.23 Å². The number of carbonyl (C=O) groups excluding carboxylic acids is 2. The van der Waals surface area contributed by atoms with Crippen LogP contribution in [0.25, 0.3) is 0 Å². The number of H-pyrrole nitrogens is 1. The predicted octanol–water partition coefficient (Wildman–Crippen LogP) is 5.14. The number of aldehydes is 1. The maximum absolute atomic E-state index is 12.5. The molecule has 39 heavy (non-hydrogen) atoms. The van der Waals surface area contributed by atoms with Crippen molar-refractivity contribution in [2.24, 2.45) is 5.10 Å². The highest BCUT2D eigenvalue weighted by atomic mass is 16.5. The van der Waals surface area contributed by atoms with Gasteiger partial charge >= 0.3 is 0 Å². The topological polar surface area (TPSA) is 105 Å². The fraction of sp³-hybridized carbons (Fsp3) is 0.367. The maximum Gasteiger partial charge on any atom is 0.272 e. The highest BCUT2D eigenvalue weighted by Gasteiger charge is 2.32. The first-order chi connectivity index (χ1) is 19.1. The molecule has 1 aromatic heterocycles. The summed E-state index contributed by atoms with van der Waals surface area (Å²) in [6.45, 7) is 2.32. The lowest BCUT2D eigenvalue weighted by atomic mass is 10.0. The van der Waals surface area contributed by atoms with Crippen LogP contribution in [0.3, 0.4) is 0 Å². The first-order valence-electron chi connectivity index (χ1n) is 13.4. The summed E-state index contributed by atoms with van der Waals surface area (Å²) in [7, 11) is 1.64. The number of benzene rings is 2. The number of ether oxygens (including phenoxy) is 3. The molecule has 1 fully saturated rings. The molecule has 204 valence electrons. The van der Waals surface area contributed by atoms with Crippen molar-refractivity contribution in [3.05, 3.63) is 77.6 Å². The predicted molar refractivity (Wildman–Crippen MR) is 148 cm³/mol. The van der Waals surface area contributed by atoms with Crippen molar-refractivity contribution in [2.45, 2.75) is 64.0 Å². The summed E-state index contributed by atoms with van der Waals surface area (Å²) in [5.41, 5.74) is 3.57. The molecule has 2 heterocycles. The largest absolute Gasteiger partial charge is 0.493 e. The van der Waals surface area contributed by atoms with Crippen LogP contribution in [-0.2, 0) is 16.1 Å². The van der Waals surface area contributed by atoms with Crippen LogP contribution >= 0.6 is 0 Å². The lowest BCUT2D eigenvalue weighted by Gasteiger charge is -2.35. The van der Waals surface area contributed by atoms with Crippen LogP contribution in [0.1, 0.15) is 60.6 Å². The van der Waals surface area contributed by atoms with Gasteiger partial charge < -0.3 is 24.5 Å². The summed E-state index contributed by atoms with van der Waals surface area (Å²) in [4.78, 5) is 27.4. The Morgan fingerprint density at radius 1 is 1.15 bits per heavy atom. The number of anilines is 1. The van der Waals surface area contributed by atoms with E-state index in [2.05, 4.69) is 10.3 Å². The fourth-order valence-electron chi connectivity index (χ4n) is 5.04.